The number of non-ortho nitro benzene ring substituents is 1. The Hall–Kier alpha value is -3.68. The van der Waals surface area contributed by atoms with Crippen molar-refractivity contribution >= 4 is 28.3 Å². The number of ether oxygens (including phenoxy) is 1. The van der Waals surface area contributed by atoms with Crippen LogP contribution in [0.3, 0.4) is 0 Å². The molecule has 27 heavy (non-hydrogen) atoms. The van der Waals surface area contributed by atoms with Gasteiger partial charge in [-0.15, -0.1) is 0 Å². The molecule has 0 fully saturated rings. The molecule has 138 valence electrons. The molecular weight excluding hydrogens is 352 g/mol. The maximum Gasteiger partial charge on any atom is 0.349 e. The van der Waals surface area contributed by atoms with E-state index in [0.29, 0.717) is 12.1 Å². The number of fused-ring (bicyclic) bond motifs is 1. The summed E-state index contributed by atoms with van der Waals surface area (Å²) in [5.74, 6) is -0.614. The molecule has 0 aliphatic carbocycles. The topological polar surface area (TPSA) is 112 Å². The molecule has 8 nitrogen and oxygen atoms in total. The summed E-state index contributed by atoms with van der Waals surface area (Å²) in [6.45, 7) is 1.95. The van der Waals surface area contributed by atoms with Crippen molar-refractivity contribution in [3.8, 4) is 5.75 Å². The number of nitrogens with one attached hydrogen (secondary N) is 1. The first kappa shape index (κ1) is 18.1. The zero-order valence-corrected chi connectivity index (χ0v) is 14.6. The molecule has 1 aromatic heterocycles. The van der Waals surface area contributed by atoms with Gasteiger partial charge in [0.2, 0.25) is 0 Å². The quantitative estimate of drug-likeness (QED) is 0.419. The van der Waals surface area contributed by atoms with Gasteiger partial charge in [0, 0.05) is 17.1 Å². The number of anilines is 1. The molecule has 2 aromatic carbocycles. The monoisotopic (exact) mass is 368 g/mol. The number of nitro benzene ring substituents is 1. The largest absolute Gasteiger partial charge is 0.493 e. The highest BCUT2D eigenvalue weighted by atomic mass is 16.6. The van der Waals surface area contributed by atoms with E-state index in [4.69, 9.17) is 9.15 Å². The van der Waals surface area contributed by atoms with Gasteiger partial charge in [-0.2, -0.15) is 0 Å². The molecule has 3 aromatic rings. The summed E-state index contributed by atoms with van der Waals surface area (Å²) in [4.78, 5) is 35.4. The van der Waals surface area contributed by atoms with Gasteiger partial charge in [-0.25, -0.2) is 4.79 Å². The number of benzene rings is 2. The summed E-state index contributed by atoms with van der Waals surface area (Å²) in [7, 11) is 1.31. The SMILES string of the molecule is CCc1ccccc1NC(=O)c1cc2cc([N+](=O)[O-])cc(OC)c2oc1=O. The van der Waals surface area contributed by atoms with Gasteiger partial charge in [-0.05, 0) is 24.1 Å². The average Bonchev–Trinajstić information content (AvgIpc) is 2.66. The van der Waals surface area contributed by atoms with E-state index in [1.807, 2.05) is 19.1 Å². The third kappa shape index (κ3) is 3.50. The van der Waals surface area contributed by atoms with Crippen molar-refractivity contribution in [2.24, 2.45) is 0 Å². The van der Waals surface area contributed by atoms with Crippen LogP contribution in [0.15, 0.2) is 51.7 Å². The molecule has 1 heterocycles. The third-order valence-corrected chi connectivity index (χ3v) is 4.10. The zero-order chi connectivity index (χ0) is 19.6. The lowest BCUT2D eigenvalue weighted by Gasteiger charge is -2.10. The molecule has 3 rings (SSSR count). The second kappa shape index (κ2) is 7.28. The molecule has 0 saturated carbocycles. The summed E-state index contributed by atoms with van der Waals surface area (Å²) >= 11 is 0. The maximum absolute atomic E-state index is 12.6. The van der Waals surface area contributed by atoms with E-state index in [2.05, 4.69) is 5.32 Å². The third-order valence-electron chi connectivity index (χ3n) is 4.10. The first-order valence-corrected chi connectivity index (χ1v) is 8.14. The molecule has 0 unspecified atom stereocenters. The van der Waals surface area contributed by atoms with Crippen molar-refractivity contribution in [1.82, 2.24) is 0 Å². The Kier molecular flexibility index (Phi) is 4.89. The van der Waals surface area contributed by atoms with Crippen LogP contribution in [0.25, 0.3) is 11.0 Å². The number of aryl methyl sites for hydroxylation is 1. The van der Waals surface area contributed by atoms with Gasteiger partial charge in [-0.1, -0.05) is 25.1 Å². The van der Waals surface area contributed by atoms with E-state index < -0.39 is 16.5 Å². The van der Waals surface area contributed by atoms with Crippen molar-refractivity contribution in [2.75, 3.05) is 12.4 Å². The lowest BCUT2D eigenvalue weighted by Crippen LogP contribution is -2.21. The number of hydrogen-bond acceptors (Lipinski definition) is 6. The number of carbonyl (C=O) groups is 1. The Morgan fingerprint density at radius 1 is 1.26 bits per heavy atom. The van der Waals surface area contributed by atoms with E-state index in [-0.39, 0.29) is 28.0 Å². The van der Waals surface area contributed by atoms with Crippen molar-refractivity contribution in [3.63, 3.8) is 0 Å². The van der Waals surface area contributed by atoms with E-state index in [1.165, 1.54) is 19.2 Å². The lowest BCUT2D eigenvalue weighted by atomic mass is 10.1. The van der Waals surface area contributed by atoms with E-state index in [9.17, 15) is 19.7 Å². The Bertz CT molecular complexity index is 1100. The zero-order valence-electron chi connectivity index (χ0n) is 14.6. The first-order valence-electron chi connectivity index (χ1n) is 8.14. The Balaban J connectivity index is 2.08. The molecule has 1 N–H and O–H groups in total. The highest BCUT2D eigenvalue weighted by Crippen LogP contribution is 2.30. The summed E-state index contributed by atoms with van der Waals surface area (Å²) < 4.78 is 10.3. The predicted octanol–water partition coefficient (Wildman–Crippen LogP) is 3.52. The van der Waals surface area contributed by atoms with Gasteiger partial charge in [0.25, 0.3) is 11.6 Å². The molecule has 0 atom stereocenters. The first-order chi connectivity index (χ1) is 12.9. The molecular formula is C19H16N2O6. The van der Waals surface area contributed by atoms with Gasteiger partial charge in [0.1, 0.15) is 5.56 Å². The highest BCUT2D eigenvalue weighted by molar-refractivity contribution is 6.06. The molecule has 8 heteroatoms. The number of para-hydroxylation sites is 1. The number of carbonyl (C=O) groups excluding carboxylic acids is 1. The molecule has 0 bridgehead atoms. The van der Waals surface area contributed by atoms with Crippen LogP contribution in [-0.4, -0.2) is 17.9 Å². The van der Waals surface area contributed by atoms with Gasteiger partial charge in [-0.3, -0.25) is 14.9 Å². The normalized spacial score (nSPS) is 10.6. The van der Waals surface area contributed by atoms with Crippen LogP contribution in [0.1, 0.15) is 22.8 Å². The highest BCUT2D eigenvalue weighted by Gasteiger charge is 2.20. The molecule has 0 aliphatic heterocycles. The standard InChI is InChI=1S/C19H16N2O6/c1-3-11-6-4-5-7-15(11)20-18(22)14-9-12-8-13(21(24)25)10-16(26-2)17(12)27-19(14)23/h4-10H,3H2,1-2H3,(H,20,22). The van der Waals surface area contributed by atoms with Gasteiger partial charge in [0.05, 0.1) is 18.1 Å². The molecule has 1 amide bonds. The van der Waals surface area contributed by atoms with Gasteiger partial charge < -0.3 is 14.5 Å². The number of nitro groups is 1. The minimum Gasteiger partial charge on any atom is -0.493 e. The lowest BCUT2D eigenvalue weighted by molar-refractivity contribution is -0.384. The fraction of sp³-hybridized carbons (Fsp3) is 0.158. The van der Waals surface area contributed by atoms with Crippen LogP contribution < -0.4 is 15.7 Å². The van der Waals surface area contributed by atoms with Crippen LogP contribution in [0.2, 0.25) is 0 Å². The molecule has 0 radical (unpaired) electrons. The van der Waals surface area contributed by atoms with Gasteiger partial charge >= 0.3 is 5.63 Å². The average molecular weight is 368 g/mol. The number of nitrogens with zero attached hydrogens (tertiary/aromatic N) is 1. The van der Waals surface area contributed by atoms with Crippen molar-refractivity contribution in [2.45, 2.75) is 13.3 Å². The smallest absolute Gasteiger partial charge is 0.349 e. The fourth-order valence-electron chi connectivity index (χ4n) is 2.74. The van der Waals surface area contributed by atoms with Crippen molar-refractivity contribution in [3.05, 3.63) is 74.1 Å². The van der Waals surface area contributed by atoms with Crippen LogP contribution >= 0.6 is 0 Å². The Labute approximate surface area is 153 Å². The Morgan fingerprint density at radius 2 is 2.00 bits per heavy atom. The molecule has 0 spiro atoms. The van der Waals surface area contributed by atoms with Crippen LogP contribution in [0, 0.1) is 10.1 Å². The molecule has 0 saturated heterocycles. The summed E-state index contributed by atoms with van der Waals surface area (Å²) in [6.07, 6.45) is 0.701. The second-order valence-corrected chi connectivity index (χ2v) is 5.74. The van der Waals surface area contributed by atoms with E-state index in [1.54, 1.807) is 12.1 Å². The summed E-state index contributed by atoms with van der Waals surface area (Å²) in [5.41, 5.74) is 0.182. The van der Waals surface area contributed by atoms with E-state index >= 15 is 0 Å². The van der Waals surface area contributed by atoms with Crippen LogP contribution in [-0.2, 0) is 6.42 Å². The summed E-state index contributed by atoms with van der Waals surface area (Å²) in [5, 5.41) is 14.0. The Morgan fingerprint density at radius 3 is 2.67 bits per heavy atom. The number of methoxy groups -OCH3 is 1. The minimum absolute atomic E-state index is 0.0404. The van der Waals surface area contributed by atoms with E-state index in [0.717, 1.165) is 11.6 Å². The number of amides is 1. The minimum atomic E-state index is -0.860. The van der Waals surface area contributed by atoms with Crippen LogP contribution in [0.5, 0.6) is 5.75 Å². The number of rotatable bonds is 5. The number of hydrogen-bond donors (Lipinski definition) is 1. The van der Waals surface area contributed by atoms with Crippen molar-refractivity contribution < 1.29 is 18.9 Å². The predicted molar refractivity (Wildman–Crippen MR) is 99.5 cm³/mol. The second-order valence-electron chi connectivity index (χ2n) is 5.74. The summed E-state index contributed by atoms with van der Waals surface area (Å²) in [6, 6.07) is 10.9. The van der Waals surface area contributed by atoms with Crippen molar-refractivity contribution in [1.29, 1.82) is 0 Å². The maximum atomic E-state index is 12.6. The molecule has 0 aliphatic rings. The van der Waals surface area contributed by atoms with Gasteiger partial charge in [0.15, 0.2) is 11.3 Å². The fourth-order valence-corrected chi connectivity index (χ4v) is 2.74. The van der Waals surface area contributed by atoms with Crippen LogP contribution in [0.4, 0.5) is 11.4 Å².